The Morgan fingerprint density at radius 3 is 2.59 bits per heavy atom. The van der Waals surface area contributed by atoms with E-state index in [1.54, 1.807) is 7.11 Å². The third-order valence-corrected chi connectivity index (χ3v) is 4.00. The van der Waals surface area contributed by atoms with Crippen LogP contribution in [0, 0.1) is 13.8 Å². The molecule has 0 aliphatic heterocycles. The largest absolute Gasteiger partial charge is 0.497 e. The maximum Gasteiger partial charge on any atom is 0.119 e. The molecule has 1 aromatic heterocycles. The minimum Gasteiger partial charge on any atom is -0.497 e. The van der Waals surface area contributed by atoms with Gasteiger partial charge in [0.25, 0.3) is 0 Å². The number of aryl methyl sites for hydroxylation is 2. The highest BCUT2D eigenvalue weighted by Crippen LogP contribution is 2.30. The monoisotopic (exact) mass is 312 g/mol. The van der Waals surface area contributed by atoms with Gasteiger partial charge in [-0.1, -0.05) is 17.7 Å². The van der Waals surface area contributed by atoms with Crippen LogP contribution in [0.1, 0.15) is 11.3 Å². The van der Waals surface area contributed by atoms with E-state index >= 15 is 0 Å². The molecule has 0 unspecified atom stereocenters. The number of methoxy groups -OCH3 is 1. The van der Waals surface area contributed by atoms with Gasteiger partial charge < -0.3 is 10.1 Å². The van der Waals surface area contributed by atoms with Crippen molar-refractivity contribution in [1.29, 1.82) is 0 Å². The summed E-state index contributed by atoms with van der Waals surface area (Å²) in [6, 6.07) is 13.8. The molecule has 0 radical (unpaired) electrons. The molecule has 22 heavy (non-hydrogen) atoms. The molecule has 3 nitrogen and oxygen atoms in total. The number of anilines is 2. The van der Waals surface area contributed by atoms with E-state index in [1.165, 1.54) is 0 Å². The number of aromatic nitrogens is 1. The van der Waals surface area contributed by atoms with Gasteiger partial charge in [0.15, 0.2) is 0 Å². The molecule has 3 aromatic rings. The van der Waals surface area contributed by atoms with E-state index in [9.17, 15) is 0 Å². The first-order valence-corrected chi connectivity index (χ1v) is 7.43. The number of hydrogen-bond acceptors (Lipinski definition) is 3. The summed E-state index contributed by atoms with van der Waals surface area (Å²) in [6.07, 6.45) is 0. The van der Waals surface area contributed by atoms with Crippen molar-refractivity contribution < 1.29 is 4.74 Å². The molecule has 0 fully saturated rings. The predicted molar refractivity (Wildman–Crippen MR) is 92.5 cm³/mol. The molecule has 0 atom stereocenters. The van der Waals surface area contributed by atoms with Gasteiger partial charge in [0.05, 0.1) is 12.6 Å². The summed E-state index contributed by atoms with van der Waals surface area (Å²) in [5.74, 6) is 0.808. The van der Waals surface area contributed by atoms with Gasteiger partial charge in [0.1, 0.15) is 5.75 Å². The van der Waals surface area contributed by atoms with Crippen molar-refractivity contribution in [3.05, 3.63) is 58.7 Å². The topological polar surface area (TPSA) is 34.1 Å². The van der Waals surface area contributed by atoms with Gasteiger partial charge in [-0.05, 0) is 55.8 Å². The molecule has 4 heteroatoms. The minimum absolute atomic E-state index is 0.748. The molecule has 1 N–H and O–H groups in total. The van der Waals surface area contributed by atoms with E-state index in [-0.39, 0.29) is 0 Å². The lowest BCUT2D eigenvalue weighted by Crippen LogP contribution is -1.95. The maximum atomic E-state index is 6.20. The SMILES string of the molecule is COc1ccc2nc(C)cc(Nc3ccc(C)c(Cl)c3)c2c1. The van der Waals surface area contributed by atoms with E-state index in [0.29, 0.717) is 0 Å². The summed E-state index contributed by atoms with van der Waals surface area (Å²) in [5.41, 5.74) is 4.89. The third kappa shape index (κ3) is 2.85. The zero-order valence-corrected chi connectivity index (χ0v) is 13.5. The van der Waals surface area contributed by atoms with Crippen LogP contribution >= 0.6 is 11.6 Å². The molecule has 0 aliphatic carbocycles. The van der Waals surface area contributed by atoms with Crippen LogP contribution in [-0.4, -0.2) is 12.1 Å². The molecular formula is C18H17ClN2O. The Balaban J connectivity index is 2.10. The van der Waals surface area contributed by atoms with Gasteiger partial charge in [-0.25, -0.2) is 0 Å². The van der Waals surface area contributed by atoms with Crippen LogP contribution in [0.3, 0.4) is 0 Å². The van der Waals surface area contributed by atoms with Gasteiger partial charge in [-0.15, -0.1) is 0 Å². The van der Waals surface area contributed by atoms with Crippen molar-refractivity contribution >= 4 is 33.9 Å². The second kappa shape index (κ2) is 5.85. The number of ether oxygens (including phenoxy) is 1. The molecule has 0 amide bonds. The number of rotatable bonds is 3. The fourth-order valence-corrected chi connectivity index (χ4v) is 2.57. The Labute approximate surface area is 134 Å². The number of fused-ring (bicyclic) bond motifs is 1. The summed E-state index contributed by atoms with van der Waals surface area (Å²) < 4.78 is 5.32. The zero-order valence-electron chi connectivity index (χ0n) is 12.8. The van der Waals surface area contributed by atoms with E-state index < -0.39 is 0 Å². The number of benzene rings is 2. The number of nitrogens with zero attached hydrogens (tertiary/aromatic N) is 1. The van der Waals surface area contributed by atoms with E-state index in [1.807, 2.05) is 56.3 Å². The Bertz CT molecular complexity index is 846. The maximum absolute atomic E-state index is 6.20. The van der Waals surface area contributed by atoms with E-state index in [4.69, 9.17) is 16.3 Å². The number of nitrogens with one attached hydrogen (secondary N) is 1. The second-order valence-electron chi connectivity index (χ2n) is 5.28. The molecule has 2 aromatic carbocycles. The highest BCUT2D eigenvalue weighted by atomic mass is 35.5. The quantitative estimate of drug-likeness (QED) is 0.716. The molecule has 0 saturated heterocycles. The van der Waals surface area contributed by atoms with E-state index in [0.717, 1.165) is 44.3 Å². The van der Waals surface area contributed by atoms with E-state index in [2.05, 4.69) is 10.3 Å². The van der Waals surface area contributed by atoms with Gasteiger partial charge in [0, 0.05) is 27.5 Å². The fourth-order valence-electron chi connectivity index (χ4n) is 2.39. The molecule has 1 heterocycles. The molecule has 0 aliphatic rings. The number of pyridine rings is 1. The van der Waals surface area contributed by atoms with Gasteiger partial charge in [-0.3, -0.25) is 4.98 Å². The molecule has 3 rings (SSSR count). The summed E-state index contributed by atoms with van der Waals surface area (Å²) in [4.78, 5) is 4.56. The zero-order chi connectivity index (χ0) is 15.7. The first-order chi connectivity index (χ1) is 10.6. The first kappa shape index (κ1) is 14.7. The van der Waals surface area contributed by atoms with Gasteiger partial charge in [-0.2, -0.15) is 0 Å². The Morgan fingerprint density at radius 2 is 1.86 bits per heavy atom. The minimum atomic E-state index is 0.748. The molecule has 0 saturated carbocycles. The van der Waals surface area contributed by atoms with Crippen LogP contribution in [0.5, 0.6) is 5.75 Å². The van der Waals surface area contributed by atoms with Crippen molar-refractivity contribution in [2.75, 3.05) is 12.4 Å². The fraction of sp³-hybridized carbons (Fsp3) is 0.167. The molecular weight excluding hydrogens is 296 g/mol. The van der Waals surface area contributed by atoms with Crippen molar-refractivity contribution in [2.45, 2.75) is 13.8 Å². The van der Waals surface area contributed by atoms with Crippen LogP contribution in [0.15, 0.2) is 42.5 Å². The van der Waals surface area contributed by atoms with Crippen LogP contribution in [-0.2, 0) is 0 Å². The van der Waals surface area contributed by atoms with Crippen LogP contribution < -0.4 is 10.1 Å². The second-order valence-corrected chi connectivity index (χ2v) is 5.69. The van der Waals surface area contributed by atoms with Crippen molar-refractivity contribution in [1.82, 2.24) is 4.98 Å². The Morgan fingerprint density at radius 1 is 1.05 bits per heavy atom. The Hall–Kier alpha value is -2.26. The summed E-state index contributed by atoms with van der Waals surface area (Å²) in [5, 5.41) is 5.19. The average Bonchev–Trinajstić information content (AvgIpc) is 2.50. The predicted octanol–water partition coefficient (Wildman–Crippen LogP) is 5.26. The smallest absolute Gasteiger partial charge is 0.119 e. The van der Waals surface area contributed by atoms with Gasteiger partial charge in [0.2, 0.25) is 0 Å². The lowest BCUT2D eigenvalue weighted by atomic mass is 10.1. The van der Waals surface area contributed by atoms with Gasteiger partial charge >= 0.3 is 0 Å². The lowest BCUT2D eigenvalue weighted by Gasteiger charge is -2.12. The van der Waals surface area contributed by atoms with Crippen LogP contribution in [0.4, 0.5) is 11.4 Å². The standard InChI is InChI=1S/C18H17ClN2O/c1-11-4-5-13(9-16(11)19)21-18-8-12(2)20-17-7-6-14(22-3)10-15(17)18/h4-10H,1-3H3,(H,20,21). The summed E-state index contributed by atoms with van der Waals surface area (Å²) >= 11 is 6.20. The highest BCUT2D eigenvalue weighted by molar-refractivity contribution is 6.31. The van der Waals surface area contributed by atoms with Crippen molar-refractivity contribution in [3.8, 4) is 5.75 Å². The third-order valence-electron chi connectivity index (χ3n) is 3.59. The summed E-state index contributed by atoms with van der Waals surface area (Å²) in [7, 11) is 1.66. The van der Waals surface area contributed by atoms with Crippen molar-refractivity contribution in [2.24, 2.45) is 0 Å². The van der Waals surface area contributed by atoms with Crippen LogP contribution in [0.25, 0.3) is 10.9 Å². The van der Waals surface area contributed by atoms with Crippen molar-refractivity contribution in [3.63, 3.8) is 0 Å². The first-order valence-electron chi connectivity index (χ1n) is 7.05. The Kier molecular flexibility index (Phi) is 3.90. The normalized spacial score (nSPS) is 10.7. The average molecular weight is 313 g/mol. The molecule has 112 valence electrons. The lowest BCUT2D eigenvalue weighted by molar-refractivity contribution is 0.415. The molecule has 0 bridgehead atoms. The highest BCUT2D eigenvalue weighted by Gasteiger charge is 2.07. The summed E-state index contributed by atoms with van der Waals surface area (Å²) in [6.45, 7) is 3.97. The molecule has 0 spiro atoms. The number of halogens is 1. The number of hydrogen-bond donors (Lipinski definition) is 1. The van der Waals surface area contributed by atoms with Crippen LogP contribution in [0.2, 0.25) is 5.02 Å².